The van der Waals surface area contributed by atoms with Crippen molar-refractivity contribution in [3.63, 3.8) is 0 Å². The van der Waals surface area contributed by atoms with Gasteiger partial charge in [0.15, 0.2) is 0 Å². The van der Waals surface area contributed by atoms with Crippen LogP contribution in [-0.2, 0) is 12.8 Å². The monoisotopic (exact) mass is 294 g/mol. The van der Waals surface area contributed by atoms with Gasteiger partial charge in [0.2, 0.25) is 0 Å². The zero-order valence-electron chi connectivity index (χ0n) is 14.3. The van der Waals surface area contributed by atoms with E-state index in [1.807, 2.05) is 0 Å². The van der Waals surface area contributed by atoms with Gasteiger partial charge in [-0.2, -0.15) is 0 Å². The van der Waals surface area contributed by atoms with Crippen molar-refractivity contribution in [3.05, 3.63) is 70.8 Å². The van der Waals surface area contributed by atoms with E-state index in [4.69, 9.17) is 0 Å². The Morgan fingerprint density at radius 1 is 0.500 bits per heavy atom. The summed E-state index contributed by atoms with van der Waals surface area (Å²) in [5.74, 6) is 0. The summed E-state index contributed by atoms with van der Waals surface area (Å²) in [6.45, 7) is 4.45. The van der Waals surface area contributed by atoms with Crippen molar-refractivity contribution in [1.82, 2.24) is 0 Å². The number of aryl methyl sites for hydroxylation is 4. The molecule has 0 fully saturated rings. The minimum atomic E-state index is 1.25. The predicted octanol–water partition coefficient (Wildman–Crippen LogP) is 6.43. The zero-order valence-corrected chi connectivity index (χ0v) is 14.3. The molecule has 0 aliphatic rings. The van der Waals surface area contributed by atoms with Gasteiger partial charge in [-0.15, -0.1) is 0 Å². The van der Waals surface area contributed by atoms with E-state index < -0.39 is 0 Å². The highest BCUT2D eigenvalue weighted by Gasteiger charge is 1.99. The third-order valence-electron chi connectivity index (χ3n) is 4.66. The van der Waals surface area contributed by atoms with Gasteiger partial charge in [0.05, 0.1) is 0 Å². The average Bonchev–Trinajstić information content (AvgIpc) is 2.53. The first-order valence-corrected chi connectivity index (χ1v) is 8.86. The summed E-state index contributed by atoms with van der Waals surface area (Å²) < 4.78 is 0. The van der Waals surface area contributed by atoms with Crippen molar-refractivity contribution in [3.8, 4) is 0 Å². The average molecular weight is 294 g/mol. The molecule has 2 aromatic rings. The highest BCUT2D eigenvalue weighted by atomic mass is 14.0. The maximum Gasteiger partial charge on any atom is -0.0276 e. The second kappa shape index (κ2) is 9.46. The van der Waals surface area contributed by atoms with Crippen LogP contribution in [0, 0.1) is 13.8 Å². The fraction of sp³-hybridized carbons (Fsp3) is 0.455. The van der Waals surface area contributed by atoms with Crippen LogP contribution in [0.5, 0.6) is 0 Å². The minimum absolute atomic E-state index is 1.25. The van der Waals surface area contributed by atoms with E-state index in [1.165, 1.54) is 73.6 Å². The lowest BCUT2D eigenvalue weighted by Crippen LogP contribution is -1.91. The van der Waals surface area contributed by atoms with E-state index >= 15 is 0 Å². The lowest BCUT2D eigenvalue weighted by atomic mass is 9.99. The molecule has 0 unspecified atom stereocenters. The number of hydrogen-bond acceptors (Lipinski definition) is 0. The molecule has 0 amide bonds. The molecule has 0 heteroatoms. The summed E-state index contributed by atoms with van der Waals surface area (Å²) in [4.78, 5) is 0. The molecule has 0 heterocycles. The number of rotatable bonds is 9. The van der Waals surface area contributed by atoms with Gasteiger partial charge < -0.3 is 0 Å². The molecule has 0 aliphatic heterocycles. The van der Waals surface area contributed by atoms with Gasteiger partial charge in [-0.1, -0.05) is 74.2 Å². The summed E-state index contributed by atoms with van der Waals surface area (Å²) in [6.07, 6.45) is 10.7. The maximum absolute atomic E-state index is 2.28. The van der Waals surface area contributed by atoms with Crippen molar-refractivity contribution < 1.29 is 0 Å². The van der Waals surface area contributed by atoms with E-state index in [-0.39, 0.29) is 0 Å². The molecule has 0 atom stereocenters. The zero-order chi connectivity index (χ0) is 15.6. The summed E-state index contributed by atoms with van der Waals surface area (Å²) >= 11 is 0. The highest BCUT2D eigenvalue weighted by Crippen LogP contribution is 2.15. The molecule has 0 saturated heterocycles. The maximum atomic E-state index is 2.28. The van der Waals surface area contributed by atoms with Crippen molar-refractivity contribution in [2.75, 3.05) is 0 Å². The van der Waals surface area contributed by atoms with Crippen molar-refractivity contribution in [1.29, 1.82) is 0 Å². The molecule has 0 spiro atoms. The molecule has 0 N–H and O–H groups in total. The summed E-state index contributed by atoms with van der Waals surface area (Å²) in [7, 11) is 0. The minimum Gasteiger partial charge on any atom is -0.0620 e. The number of hydrogen-bond donors (Lipinski definition) is 0. The molecule has 118 valence electrons. The van der Waals surface area contributed by atoms with E-state index in [0.29, 0.717) is 0 Å². The van der Waals surface area contributed by atoms with Crippen molar-refractivity contribution in [2.24, 2.45) is 0 Å². The van der Waals surface area contributed by atoms with Crippen molar-refractivity contribution >= 4 is 0 Å². The van der Waals surface area contributed by atoms with E-state index in [1.54, 1.807) is 0 Å². The van der Waals surface area contributed by atoms with E-state index in [9.17, 15) is 0 Å². The second-order valence-corrected chi connectivity index (χ2v) is 6.47. The lowest BCUT2D eigenvalue weighted by molar-refractivity contribution is 0.593. The highest BCUT2D eigenvalue weighted by molar-refractivity contribution is 5.26. The van der Waals surface area contributed by atoms with Gasteiger partial charge in [-0.3, -0.25) is 0 Å². The Morgan fingerprint density at radius 3 is 1.27 bits per heavy atom. The van der Waals surface area contributed by atoms with Crippen LogP contribution in [0.3, 0.4) is 0 Å². The van der Waals surface area contributed by atoms with E-state index in [0.717, 1.165) is 0 Å². The fourth-order valence-corrected chi connectivity index (χ4v) is 3.12. The Hall–Kier alpha value is -1.56. The fourth-order valence-electron chi connectivity index (χ4n) is 3.12. The van der Waals surface area contributed by atoms with Gasteiger partial charge in [0, 0.05) is 0 Å². The standard InChI is InChI=1S/C22H30/c1-19-13-9-11-17-21(19)15-7-5-3-4-6-8-16-22-18-12-10-14-20(22)2/h9-14,17-18H,3-8,15-16H2,1-2H3. The number of benzene rings is 2. The van der Waals surface area contributed by atoms with Gasteiger partial charge in [0.1, 0.15) is 0 Å². The Balaban J connectivity index is 1.51. The lowest BCUT2D eigenvalue weighted by Gasteiger charge is -2.06. The van der Waals surface area contributed by atoms with Gasteiger partial charge >= 0.3 is 0 Å². The van der Waals surface area contributed by atoms with Crippen LogP contribution in [-0.4, -0.2) is 0 Å². The second-order valence-electron chi connectivity index (χ2n) is 6.47. The third kappa shape index (κ3) is 5.67. The SMILES string of the molecule is Cc1ccccc1CCCCCCCCc1ccccc1C. The summed E-state index contributed by atoms with van der Waals surface area (Å²) in [6, 6.07) is 17.6. The molecule has 0 saturated carbocycles. The van der Waals surface area contributed by atoms with Crippen LogP contribution >= 0.6 is 0 Å². The van der Waals surface area contributed by atoms with Gasteiger partial charge in [0.25, 0.3) is 0 Å². The molecule has 0 aliphatic carbocycles. The molecule has 0 nitrogen and oxygen atoms in total. The first-order chi connectivity index (χ1) is 10.8. The Labute approximate surface area is 136 Å². The van der Waals surface area contributed by atoms with Gasteiger partial charge in [-0.25, -0.2) is 0 Å². The van der Waals surface area contributed by atoms with E-state index in [2.05, 4.69) is 62.4 Å². The molecular formula is C22H30. The smallest absolute Gasteiger partial charge is 0.0276 e. The predicted molar refractivity (Wildman–Crippen MR) is 97.5 cm³/mol. The molecule has 22 heavy (non-hydrogen) atoms. The largest absolute Gasteiger partial charge is 0.0620 e. The first kappa shape index (κ1) is 16.8. The van der Waals surface area contributed by atoms with Gasteiger partial charge in [-0.05, 0) is 61.8 Å². The van der Waals surface area contributed by atoms with Crippen LogP contribution in [0.25, 0.3) is 0 Å². The normalized spacial score (nSPS) is 10.8. The van der Waals surface area contributed by atoms with Crippen LogP contribution in [0.4, 0.5) is 0 Å². The summed E-state index contributed by atoms with van der Waals surface area (Å²) in [5.41, 5.74) is 5.95. The molecule has 0 bridgehead atoms. The molecule has 2 aromatic carbocycles. The van der Waals surface area contributed by atoms with Crippen LogP contribution in [0.15, 0.2) is 48.5 Å². The van der Waals surface area contributed by atoms with Crippen molar-refractivity contribution in [2.45, 2.75) is 65.2 Å². The quantitative estimate of drug-likeness (QED) is 0.467. The molecule has 0 aromatic heterocycles. The van der Waals surface area contributed by atoms with Crippen LogP contribution < -0.4 is 0 Å². The topological polar surface area (TPSA) is 0 Å². The molecule has 2 rings (SSSR count). The Bertz CT molecular complexity index is 502. The van der Waals surface area contributed by atoms with Crippen LogP contribution in [0.2, 0.25) is 0 Å². The van der Waals surface area contributed by atoms with Crippen LogP contribution in [0.1, 0.15) is 60.8 Å². The Morgan fingerprint density at radius 2 is 0.864 bits per heavy atom. The Kier molecular flexibility index (Phi) is 7.22. The molecule has 0 radical (unpaired) electrons. The number of unbranched alkanes of at least 4 members (excludes halogenated alkanes) is 5. The molecular weight excluding hydrogens is 264 g/mol. The first-order valence-electron chi connectivity index (χ1n) is 8.86. The summed E-state index contributed by atoms with van der Waals surface area (Å²) in [5, 5.41) is 0. The third-order valence-corrected chi connectivity index (χ3v) is 4.66.